The number of ether oxygens (including phenoxy) is 2. The SMILES string of the molecule is C=C=S.CNC(=O)c1ccc2nc(NC)[nH]c2c1.CNC(=S)Nc1ccc(C(=O)OC)cc1N.CNc1nc2ccc(C(=O)O)cc2[nH]1.COC(=O)c1ccc(N)c(N)c1. The van der Waals surface area contributed by atoms with Crippen LogP contribution in [0.1, 0.15) is 41.4 Å². The smallest absolute Gasteiger partial charge is 0.337 e. The lowest BCUT2D eigenvalue weighted by Crippen LogP contribution is -2.24. The number of nitrogens with two attached hydrogens (primary N) is 3. The third-order valence-corrected chi connectivity index (χ3v) is 7.94. The molecule has 2 heterocycles. The Morgan fingerprint density at radius 1 is 0.683 bits per heavy atom. The summed E-state index contributed by atoms with van der Waals surface area (Å²) in [6.07, 6.45) is 0. The summed E-state index contributed by atoms with van der Waals surface area (Å²) in [5, 5.41) is 25.3. The van der Waals surface area contributed by atoms with Gasteiger partial charge in [0.1, 0.15) is 0 Å². The van der Waals surface area contributed by atoms with Crippen LogP contribution in [-0.2, 0) is 9.47 Å². The second kappa shape index (κ2) is 24.1. The number of aromatic nitrogens is 4. The zero-order valence-corrected chi connectivity index (χ0v) is 35.1. The van der Waals surface area contributed by atoms with Crippen LogP contribution in [0, 0.1) is 0 Å². The zero-order chi connectivity index (χ0) is 44.9. The van der Waals surface area contributed by atoms with Gasteiger partial charge in [-0.05, 0) is 104 Å². The predicted molar refractivity (Wildman–Crippen MR) is 244 cm³/mol. The van der Waals surface area contributed by atoms with Gasteiger partial charge in [0.2, 0.25) is 11.9 Å². The van der Waals surface area contributed by atoms with Crippen molar-refractivity contribution >= 4 is 115 Å². The molecule has 0 atom stereocenters. The summed E-state index contributed by atoms with van der Waals surface area (Å²) in [5.74, 6) is -0.553. The lowest BCUT2D eigenvalue weighted by molar-refractivity contribution is 0.0592. The second-order valence-corrected chi connectivity index (χ2v) is 12.2. The average molecular weight is 859 g/mol. The number of carbonyl (C=O) groups excluding carboxylic acids is 3. The lowest BCUT2D eigenvalue weighted by Gasteiger charge is -2.10. The molecule has 4 aromatic carbocycles. The van der Waals surface area contributed by atoms with Crippen LogP contribution in [-0.4, -0.2) is 101 Å². The number of imidazole rings is 2. The Balaban J connectivity index is 0.000000271. The van der Waals surface area contributed by atoms with Crippen molar-refractivity contribution in [1.29, 1.82) is 0 Å². The van der Waals surface area contributed by atoms with Crippen LogP contribution >= 0.6 is 24.4 Å². The van der Waals surface area contributed by atoms with Crippen LogP contribution < -0.4 is 43.8 Å². The minimum Gasteiger partial charge on any atom is -0.478 e. The van der Waals surface area contributed by atoms with E-state index in [1.54, 1.807) is 76.7 Å². The molecule has 0 fully saturated rings. The predicted octanol–water partition coefficient (Wildman–Crippen LogP) is 4.65. The van der Waals surface area contributed by atoms with E-state index in [9.17, 15) is 19.2 Å². The van der Waals surface area contributed by atoms with Gasteiger partial charge < -0.3 is 68.3 Å². The molecule has 0 unspecified atom stereocenters. The molecule has 19 nitrogen and oxygen atoms in total. The molecule has 0 saturated heterocycles. The van der Waals surface area contributed by atoms with Crippen molar-refractivity contribution < 1.29 is 33.8 Å². The summed E-state index contributed by atoms with van der Waals surface area (Å²) in [6, 6.07) is 19.6. The van der Waals surface area contributed by atoms with E-state index in [0.29, 0.717) is 62.0 Å². The van der Waals surface area contributed by atoms with Crippen LogP contribution in [0.5, 0.6) is 0 Å². The van der Waals surface area contributed by atoms with Crippen molar-refractivity contribution in [3.05, 3.63) is 102 Å². The molecule has 0 aliphatic heterocycles. The van der Waals surface area contributed by atoms with Crippen molar-refractivity contribution in [3.63, 3.8) is 0 Å². The average Bonchev–Trinajstić information content (AvgIpc) is 3.88. The third-order valence-electron chi connectivity index (χ3n) is 7.63. The standard InChI is InChI=1S/C10H12N4O.C10H13N3O2S.C9H9N3O2.C8H10N2O2.C2H2S/c1-11-9(15)6-3-4-7-8(5-6)14-10(12-2)13-7;1-12-10(16)13-8-4-3-6(5-7(8)11)9(14)15-2;1-10-9-11-6-3-2-5(8(13)14)4-7(6)12-9;1-12-8(11)5-2-3-6(9)7(10)4-5;1-2-3/h3-5H,1-2H3,(H,11,15)(H2,12,13,14);3-5H,11H2,1-2H3,(H2,12,13,16);2-4H,1H3,(H,13,14)(H2,10,11,12);2-4H,9-10H2,1H3;1H2. The molecule has 2 aromatic heterocycles. The van der Waals surface area contributed by atoms with Gasteiger partial charge in [-0.1, -0.05) is 5.02 Å². The van der Waals surface area contributed by atoms with Crippen molar-refractivity contribution in [3.8, 4) is 0 Å². The van der Waals surface area contributed by atoms with Crippen LogP contribution in [0.4, 0.5) is 34.6 Å². The fourth-order valence-electron chi connectivity index (χ4n) is 4.60. The number of carbonyl (C=O) groups is 4. The van der Waals surface area contributed by atoms with Gasteiger partial charge in [0.15, 0.2) is 5.11 Å². The molecule has 0 bridgehead atoms. The number of methoxy groups -OCH3 is 2. The molecule has 1 amide bonds. The van der Waals surface area contributed by atoms with Crippen molar-refractivity contribution in [1.82, 2.24) is 30.6 Å². The molecule has 0 spiro atoms. The summed E-state index contributed by atoms with van der Waals surface area (Å²) in [4.78, 5) is 58.7. The van der Waals surface area contributed by atoms with Crippen molar-refractivity contribution in [2.75, 3.05) is 75.6 Å². The highest BCUT2D eigenvalue weighted by molar-refractivity contribution is 7.80. The third kappa shape index (κ3) is 14.3. The van der Waals surface area contributed by atoms with Gasteiger partial charge in [-0.3, -0.25) is 4.79 Å². The quantitative estimate of drug-likeness (QED) is 0.0591. The number of anilines is 6. The molecule has 6 aromatic rings. The number of carboxylic acid groups (broad SMARTS) is 1. The van der Waals surface area contributed by atoms with Crippen LogP contribution in [0.15, 0.2) is 79.4 Å². The Labute approximate surface area is 355 Å². The molecular weight excluding hydrogens is 813 g/mol. The van der Waals surface area contributed by atoms with Gasteiger partial charge >= 0.3 is 17.9 Å². The number of aromatic amines is 2. The molecule has 0 aliphatic carbocycles. The van der Waals surface area contributed by atoms with Crippen LogP contribution in [0.2, 0.25) is 0 Å². The molecule has 316 valence electrons. The van der Waals surface area contributed by atoms with Gasteiger partial charge in [-0.25, -0.2) is 24.4 Å². The van der Waals surface area contributed by atoms with E-state index in [0.717, 1.165) is 16.6 Å². The Bertz CT molecular complexity index is 2480. The number of esters is 2. The van der Waals surface area contributed by atoms with E-state index in [4.69, 9.17) is 34.5 Å². The number of aromatic carboxylic acids is 1. The maximum atomic E-state index is 11.4. The van der Waals surface area contributed by atoms with Gasteiger partial charge in [0, 0.05) is 33.8 Å². The number of nitrogens with zero attached hydrogens (tertiary/aromatic N) is 2. The van der Waals surface area contributed by atoms with E-state index in [1.807, 2.05) is 6.07 Å². The first-order valence-corrected chi connectivity index (χ1v) is 18.1. The minimum absolute atomic E-state index is 0.0995. The van der Waals surface area contributed by atoms with Crippen LogP contribution in [0.3, 0.4) is 0 Å². The second-order valence-electron chi connectivity index (χ2n) is 11.5. The largest absolute Gasteiger partial charge is 0.478 e. The van der Waals surface area contributed by atoms with E-state index < -0.39 is 17.9 Å². The summed E-state index contributed by atoms with van der Waals surface area (Å²) >= 11 is 8.97. The highest BCUT2D eigenvalue weighted by atomic mass is 32.1. The van der Waals surface area contributed by atoms with Crippen molar-refractivity contribution in [2.45, 2.75) is 0 Å². The molecule has 0 saturated carbocycles. The Kier molecular flexibility index (Phi) is 19.5. The molecule has 60 heavy (non-hydrogen) atoms. The van der Waals surface area contributed by atoms with E-state index in [2.05, 4.69) is 79.8 Å². The highest BCUT2D eigenvalue weighted by Gasteiger charge is 2.10. The summed E-state index contributed by atoms with van der Waals surface area (Å²) in [7, 11) is 9.48. The molecule has 14 N–H and O–H groups in total. The number of amides is 1. The minimum atomic E-state index is -0.937. The van der Waals surface area contributed by atoms with Gasteiger partial charge in [-0.2, -0.15) is 0 Å². The van der Waals surface area contributed by atoms with Gasteiger partial charge in [-0.15, -0.1) is 0 Å². The van der Waals surface area contributed by atoms with E-state index in [-0.39, 0.29) is 11.5 Å². The fourth-order valence-corrected chi connectivity index (χ4v) is 4.71. The Morgan fingerprint density at radius 2 is 1.13 bits per heavy atom. The van der Waals surface area contributed by atoms with Gasteiger partial charge in [0.25, 0.3) is 5.91 Å². The first-order valence-electron chi connectivity index (χ1n) is 17.2. The number of hydrogen-bond acceptors (Lipinski definition) is 15. The fraction of sp³-hybridized carbons (Fsp3) is 0.154. The monoisotopic (exact) mass is 858 g/mol. The van der Waals surface area contributed by atoms with Gasteiger partial charge in [0.05, 0.1) is 75.7 Å². The maximum absolute atomic E-state index is 11.4. The highest BCUT2D eigenvalue weighted by Crippen LogP contribution is 2.21. The summed E-state index contributed by atoms with van der Waals surface area (Å²) in [5.41, 5.74) is 23.5. The van der Waals surface area contributed by atoms with E-state index in [1.165, 1.54) is 32.4 Å². The number of carboxylic acids is 1. The molecule has 21 heteroatoms. The first kappa shape index (κ1) is 48.4. The Hall–Kier alpha value is -7.74. The molecule has 0 radical (unpaired) electrons. The lowest BCUT2D eigenvalue weighted by atomic mass is 10.2. The number of rotatable bonds is 7. The normalized spacial score (nSPS) is 9.50. The van der Waals surface area contributed by atoms with Crippen LogP contribution in [0.25, 0.3) is 22.1 Å². The molecule has 6 rings (SSSR count). The van der Waals surface area contributed by atoms with Crippen molar-refractivity contribution in [2.24, 2.45) is 0 Å². The number of hydrogen-bond donors (Lipinski definition) is 11. The first-order chi connectivity index (χ1) is 28.6. The number of nitrogens with one attached hydrogen (secondary N) is 7. The topological polar surface area (TPSA) is 303 Å². The Morgan fingerprint density at radius 3 is 1.55 bits per heavy atom. The molecular formula is C39H46N12O7S2. The zero-order valence-electron chi connectivity index (χ0n) is 33.5. The number of H-pyrrole nitrogens is 2. The number of fused-ring (bicyclic) bond motifs is 2. The maximum Gasteiger partial charge on any atom is 0.337 e. The number of thiocarbonyl (C=S) groups is 2. The van der Waals surface area contributed by atoms with E-state index >= 15 is 0 Å². The summed E-state index contributed by atoms with van der Waals surface area (Å²) < 4.78 is 9.08. The number of benzene rings is 4. The number of nitrogen functional groups attached to an aromatic ring is 3. The molecule has 0 aliphatic rings. The summed E-state index contributed by atoms with van der Waals surface area (Å²) in [6.45, 7) is 3.05.